The number of alkyl halides is 3. The Morgan fingerprint density at radius 3 is 2.15 bits per heavy atom. The van der Waals surface area contributed by atoms with E-state index in [1.807, 2.05) is 0 Å². The number of sulfonamides is 1. The number of carbonyl (C=O) groups is 1. The highest BCUT2D eigenvalue weighted by Gasteiger charge is 2.39. The van der Waals surface area contributed by atoms with Crippen LogP contribution < -0.4 is 0 Å². The van der Waals surface area contributed by atoms with Crippen molar-refractivity contribution >= 4 is 50.7 Å². The van der Waals surface area contributed by atoms with Crippen LogP contribution in [0.1, 0.15) is 42.9 Å². The molecule has 1 heterocycles. The number of hydrogen-bond donors (Lipinski definition) is 0. The summed E-state index contributed by atoms with van der Waals surface area (Å²) in [6.45, 7) is 3.61. The van der Waals surface area contributed by atoms with Crippen LogP contribution in [0, 0.1) is 0 Å². The first-order chi connectivity index (χ1) is 18.4. The topological polar surface area (TPSA) is 60.9 Å². The molecule has 0 N–H and O–H groups in total. The molecule has 0 spiro atoms. The van der Waals surface area contributed by atoms with Crippen LogP contribution in [0.4, 0.5) is 13.2 Å². The summed E-state index contributed by atoms with van der Waals surface area (Å²) in [4.78, 5) is 17.5. The minimum Gasteiger partial charge on any atom is -0.341 e. The second-order valence-corrected chi connectivity index (χ2v) is 13.8. The van der Waals surface area contributed by atoms with Crippen LogP contribution in [0.15, 0.2) is 36.4 Å². The van der Waals surface area contributed by atoms with Gasteiger partial charge in [0.05, 0.1) is 32.3 Å². The third kappa shape index (κ3) is 7.83. The van der Waals surface area contributed by atoms with Gasteiger partial charge in [-0.05, 0) is 81.2 Å². The molecule has 6 nitrogen and oxygen atoms in total. The number of rotatable bonds is 9. The summed E-state index contributed by atoms with van der Waals surface area (Å²) in [7, 11) is -0.152. The van der Waals surface area contributed by atoms with E-state index in [4.69, 9.17) is 34.8 Å². The van der Waals surface area contributed by atoms with Gasteiger partial charge in [0.1, 0.15) is 0 Å². The fraction of sp³-hybridized carbons (Fsp3) is 0.519. The van der Waals surface area contributed by atoms with Crippen LogP contribution in [-0.4, -0.2) is 74.5 Å². The highest BCUT2D eigenvalue weighted by molar-refractivity contribution is 7.88. The largest absolute Gasteiger partial charge is 0.417 e. The number of likely N-dealkylation sites (N-methyl/N-ethyl adjacent to an activating group) is 1. The number of piperidine rings is 1. The Labute approximate surface area is 249 Å². The Hall–Kier alpha value is -1.56. The lowest BCUT2D eigenvalue weighted by molar-refractivity contribution is -0.137. The fourth-order valence-electron chi connectivity index (χ4n) is 5.03. The molecule has 3 rings (SSSR count). The van der Waals surface area contributed by atoms with Crippen molar-refractivity contribution in [2.24, 2.45) is 0 Å². The monoisotopic (exact) mass is 641 g/mol. The number of halogens is 6. The molecule has 1 aliphatic heterocycles. The average molecular weight is 643 g/mol. The smallest absolute Gasteiger partial charge is 0.341 e. The summed E-state index contributed by atoms with van der Waals surface area (Å²) >= 11 is 18.2. The van der Waals surface area contributed by atoms with Crippen LogP contribution in [-0.2, 0) is 33.0 Å². The molecule has 1 atom stereocenters. The third-order valence-corrected chi connectivity index (χ3v) is 10.1. The van der Waals surface area contributed by atoms with Gasteiger partial charge < -0.3 is 9.80 Å². The second kappa shape index (κ2) is 12.8. The number of carbonyl (C=O) groups excluding carboxylic acids is 1. The first-order valence-electron chi connectivity index (χ1n) is 12.7. The molecular formula is C27H33Cl3F3N3O3S. The molecule has 1 amide bonds. The highest BCUT2D eigenvalue weighted by Crippen LogP contribution is 2.37. The first kappa shape index (κ1) is 32.9. The van der Waals surface area contributed by atoms with Crippen molar-refractivity contribution in [3.8, 4) is 0 Å². The number of hydrogen-bond acceptors (Lipinski definition) is 4. The maximum atomic E-state index is 13.9. The van der Waals surface area contributed by atoms with Gasteiger partial charge in [-0.25, -0.2) is 12.7 Å². The number of nitrogens with zero attached hydrogens (tertiary/aromatic N) is 3. The molecular weight excluding hydrogens is 610 g/mol. The standard InChI is InChI=1S/C27H33Cl3F3N3O3S/c1-26(19-6-8-23(29)24(30)16-19,11-14-36-12-9-20(10-13-36)35(3)40(4,38)39)25(37)34(2)17-18-5-7-22(28)21(15-18)27(31,32)33/h5-8,15-16,20H,9-14,17H2,1-4H3. The molecule has 0 aliphatic carbocycles. The molecule has 40 heavy (non-hydrogen) atoms. The maximum Gasteiger partial charge on any atom is 0.417 e. The van der Waals surface area contributed by atoms with Gasteiger partial charge in [0, 0.05) is 26.7 Å². The number of amides is 1. The number of benzene rings is 2. The quantitative estimate of drug-likeness (QED) is 0.321. The normalized spacial score (nSPS) is 17.2. The predicted molar refractivity (Wildman–Crippen MR) is 153 cm³/mol. The van der Waals surface area contributed by atoms with Crippen LogP contribution in [0.3, 0.4) is 0 Å². The van der Waals surface area contributed by atoms with Gasteiger partial charge in [-0.1, -0.05) is 46.9 Å². The average Bonchev–Trinajstić information content (AvgIpc) is 2.88. The van der Waals surface area contributed by atoms with Crippen LogP contribution in [0.5, 0.6) is 0 Å². The van der Waals surface area contributed by atoms with Gasteiger partial charge in [0.2, 0.25) is 15.9 Å². The Bertz CT molecular complexity index is 1340. The van der Waals surface area contributed by atoms with Crippen molar-refractivity contribution in [2.75, 3.05) is 40.0 Å². The van der Waals surface area contributed by atoms with Crippen molar-refractivity contribution in [1.82, 2.24) is 14.1 Å². The number of likely N-dealkylation sites (tertiary alicyclic amines) is 1. The van der Waals surface area contributed by atoms with Crippen molar-refractivity contribution in [3.63, 3.8) is 0 Å². The van der Waals surface area contributed by atoms with E-state index >= 15 is 0 Å². The second-order valence-electron chi connectivity index (χ2n) is 10.5. The van der Waals surface area contributed by atoms with Gasteiger partial charge in [0.15, 0.2) is 0 Å². The van der Waals surface area contributed by atoms with Crippen molar-refractivity contribution in [2.45, 2.75) is 50.4 Å². The summed E-state index contributed by atoms with van der Waals surface area (Å²) in [5.74, 6) is -0.291. The van der Waals surface area contributed by atoms with Gasteiger partial charge >= 0.3 is 6.18 Å². The van der Waals surface area contributed by atoms with Gasteiger partial charge in [0.25, 0.3) is 0 Å². The fourth-order valence-corrected chi connectivity index (χ4v) is 6.30. The Morgan fingerprint density at radius 2 is 1.60 bits per heavy atom. The summed E-state index contributed by atoms with van der Waals surface area (Å²) in [5.41, 5.74) is -1.09. The molecule has 1 unspecified atom stereocenters. The van der Waals surface area contributed by atoms with E-state index in [0.29, 0.717) is 55.0 Å². The van der Waals surface area contributed by atoms with E-state index in [0.717, 1.165) is 6.07 Å². The van der Waals surface area contributed by atoms with Crippen molar-refractivity contribution in [1.29, 1.82) is 0 Å². The molecule has 1 aliphatic rings. The van der Waals surface area contributed by atoms with Crippen LogP contribution in [0.2, 0.25) is 15.1 Å². The van der Waals surface area contributed by atoms with Crippen LogP contribution >= 0.6 is 34.8 Å². The first-order valence-corrected chi connectivity index (χ1v) is 15.6. The molecule has 13 heteroatoms. The minimum absolute atomic E-state index is 0.0563. The molecule has 0 aromatic heterocycles. The summed E-state index contributed by atoms with van der Waals surface area (Å²) < 4.78 is 65.4. The Morgan fingerprint density at radius 1 is 1.00 bits per heavy atom. The van der Waals surface area contributed by atoms with E-state index in [1.165, 1.54) is 27.6 Å². The Kier molecular flexibility index (Phi) is 10.5. The molecule has 2 aromatic carbocycles. The molecule has 0 radical (unpaired) electrons. The molecule has 1 fully saturated rings. The molecule has 2 aromatic rings. The maximum absolute atomic E-state index is 13.9. The van der Waals surface area contributed by atoms with Gasteiger partial charge in [-0.2, -0.15) is 13.2 Å². The van der Waals surface area contributed by atoms with Crippen LogP contribution in [0.25, 0.3) is 0 Å². The third-order valence-electron chi connectivity index (χ3n) is 7.65. The van der Waals surface area contributed by atoms with Crippen molar-refractivity contribution in [3.05, 3.63) is 68.2 Å². The van der Waals surface area contributed by atoms with Gasteiger partial charge in [-0.3, -0.25) is 4.79 Å². The Balaban J connectivity index is 1.81. The predicted octanol–water partition coefficient (Wildman–Crippen LogP) is 6.33. The highest BCUT2D eigenvalue weighted by atomic mass is 35.5. The summed E-state index contributed by atoms with van der Waals surface area (Å²) in [6, 6.07) is 8.52. The van der Waals surface area contributed by atoms with E-state index in [2.05, 4.69) is 4.90 Å². The van der Waals surface area contributed by atoms with E-state index < -0.39 is 32.2 Å². The zero-order valence-corrected chi connectivity index (χ0v) is 25.8. The van der Waals surface area contributed by atoms with E-state index in [1.54, 1.807) is 39.2 Å². The van der Waals surface area contributed by atoms with Crippen molar-refractivity contribution < 1.29 is 26.4 Å². The molecule has 1 saturated heterocycles. The SMILES string of the molecule is CN(Cc1ccc(Cl)c(C(F)(F)F)c1)C(=O)C(C)(CCN1CCC(N(C)S(C)(=O)=O)CC1)c1ccc(Cl)c(Cl)c1. The van der Waals surface area contributed by atoms with E-state index in [-0.39, 0.29) is 23.5 Å². The molecule has 222 valence electrons. The van der Waals surface area contributed by atoms with Gasteiger partial charge in [-0.15, -0.1) is 0 Å². The molecule has 0 saturated carbocycles. The lowest BCUT2D eigenvalue weighted by Crippen LogP contribution is -2.48. The summed E-state index contributed by atoms with van der Waals surface area (Å²) in [6.07, 6.45) is -1.70. The lowest BCUT2D eigenvalue weighted by atomic mass is 9.77. The molecule has 0 bridgehead atoms. The zero-order valence-electron chi connectivity index (χ0n) is 22.7. The summed E-state index contributed by atoms with van der Waals surface area (Å²) in [5, 5.41) is 0.224. The lowest BCUT2D eigenvalue weighted by Gasteiger charge is -2.38. The zero-order chi connectivity index (χ0) is 30.0. The minimum atomic E-state index is -4.62. The van der Waals surface area contributed by atoms with E-state index in [9.17, 15) is 26.4 Å².